The molecule has 0 saturated heterocycles. The zero-order chi connectivity index (χ0) is 17.1. The number of nitrogen functional groups attached to an aromatic ring is 1. The Labute approximate surface area is 139 Å². The van der Waals surface area contributed by atoms with Gasteiger partial charge >= 0.3 is 5.97 Å². The maximum absolute atomic E-state index is 12.2. The van der Waals surface area contributed by atoms with E-state index in [0.29, 0.717) is 28.5 Å². The Morgan fingerprint density at radius 3 is 2.75 bits per heavy atom. The highest BCUT2D eigenvalue weighted by atomic mass is 16.5. The number of nitrogens with zero attached hydrogens (tertiary/aromatic N) is 2. The molecule has 1 heterocycles. The Balaban J connectivity index is 1.77. The van der Waals surface area contributed by atoms with Crippen molar-refractivity contribution in [2.75, 3.05) is 12.8 Å². The predicted molar refractivity (Wildman–Crippen MR) is 90.8 cm³/mol. The van der Waals surface area contributed by atoms with Crippen molar-refractivity contribution >= 4 is 22.7 Å². The van der Waals surface area contributed by atoms with E-state index >= 15 is 0 Å². The number of benzene rings is 2. The number of methoxy groups -OCH3 is 1. The van der Waals surface area contributed by atoms with Gasteiger partial charge in [0.1, 0.15) is 11.6 Å². The second kappa shape index (κ2) is 6.54. The first-order chi connectivity index (χ1) is 11.6. The summed E-state index contributed by atoms with van der Waals surface area (Å²) >= 11 is 0. The topological polar surface area (TPSA) is 87.3 Å². The van der Waals surface area contributed by atoms with Gasteiger partial charge in [0.2, 0.25) is 0 Å². The molecule has 1 aromatic heterocycles. The molecule has 0 bridgehead atoms. The van der Waals surface area contributed by atoms with Crippen LogP contribution in [0.15, 0.2) is 42.5 Å². The normalized spacial score (nSPS) is 10.6. The summed E-state index contributed by atoms with van der Waals surface area (Å²) in [6, 6.07) is 12.6. The molecule has 3 aromatic rings. The first kappa shape index (κ1) is 15.7. The van der Waals surface area contributed by atoms with Crippen LogP contribution in [0.25, 0.3) is 10.9 Å². The SMILES string of the molecule is COc1cc(C(=O)OCc2nc(N)c3ccccc3n2)ccc1C. The van der Waals surface area contributed by atoms with Crippen molar-refractivity contribution in [2.24, 2.45) is 0 Å². The molecule has 0 fully saturated rings. The molecule has 2 N–H and O–H groups in total. The average molecular weight is 323 g/mol. The van der Waals surface area contributed by atoms with Crippen LogP contribution >= 0.6 is 0 Å². The van der Waals surface area contributed by atoms with E-state index < -0.39 is 5.97 Å². The van der Waals surface area contributed by atoms with Crippen LogP contribution in [0.3, 0.4) is 0 Å². The van der Waals surface area contributed by atoms with Gasteiger partial charge in [-0.3, -0.25) is 0 Å². The number of para-hydroxylation sites is 1. The number of aromatic nitrogens is 2. The third-order valence-electron chi connectivity index (χ3n) is 3.66. The first-order valence-electron chi connectivity index (χ1n) is 7.41. The highest BCUT2D eigenvalue weighted by Crippen LogP contribution is 2.20. The maximum atomic E-state index is 12.2. The third kappa shape index (κ3) is 3.12. The zero-order valence-corrected chi connectivity index (χ0v) is 13.4. The number of hydrogen-bond donors (Lipinski definition) is 1. The van der Waals surface area contributed by atoms with Crippen LogP contribution in [-0.4, -0.2) is 23.0 Å². The summed E-state index contributed by atoms with van der Waals surface area (Å²) in [5, 5.41) is 0.774. The first-order valence-corrected chi connectivity index (χ1v) is 7.41. The minimum Gasteiger partial charge on any atom is -0.496 e. The van der Waals surface area contributed by atoms with Gasteiger partial charge in [-0.15, -0.1) is 0 Å². The van der Waals surface area contributed by atoms with Crippen molar-refractivity contribution in [3.63, 3.8) is 0 Å². The number of nitrogens with two attached hydrogens (primary N) is 1. The third-order valence-corrected chi connectivity index (χ3v) is 3.66. The number of rotatable bonds is 4. The van der Waals surface area contributed by atoms with Gasteiger partial charge in [0.05, 0.1) is 18.2 Å². The Morgan fingerprint density at radius 2 is 1.96 bits per heavy atom. The zero-order valence-electron chi connectivity index (χ0n) is 13.4. The molecule has 0 unspecified atom stereocenters. The van der Waals surface area contributed by atoms with Gasteiger partial charge in [0, 0.05) is 5.39 Å². The second-order valence-electron chi connectivity index (χ2n) is 5.30. The lowest BCUT2D eigenvalue weighted by Gasteiger charge is -2.09. The number of aryl methyl sites for hydroxylation is 1. The standard InChI is InChI=1S/C18H17N3O3/c1-11-7-8-12(9-15(11)23-2)18(22)24-10-16-20-14-6-4-3-5-13(14)17(19)21-16/h3-9H,10H2,1-2H3,(H2,19,20,21). The van der Waals surface area contributed by atoms with Crippen LogP contribution in [0.4, 0.5) is 5.82 Å². The van der Waals surface area contributed by atoms with Crippen molar-refractivity contribution in [3.05, 3.63) is 59.4 Å². The van der Waals surface area contributed by atoms with Crippen LogP contribution in [0.2, 0.25) is 0 Å². The Hall–Kier alpha value is -3.15. The van der Waals surface area contributed by atoms with Crippen molar-refractivity contribution in [2.45, 2.75) is 13.5 Å². The Kier molecular flexibility index (Phi) is 4.29. The average Bonchev–Trinajstić information content (AvgIpc) is 2.60. The highest BCUT2D eigenvalue weighted by molar-refractivity contribution is 5.90. The van der Waals surface area contributed by atoms with E-state index in [1.165, 1.54) is 0 Å². The quantitative estimate of drug-likeness (QED) is 0.743. The largest absolute Gasteiger partial charge is 0.496 e. The maximum Gasteiger partial charge on any atom is 0.338 e. The lowest BCUT2D eigenvalue weighted by atomic mass is 10.1. The summed E-state index contributed by atoms with van der Waals surface area (Å²) in [4.78, 5) is 20.7. The van der Waals surface area contributed by atoms with Gasteiger partial charge in [0.25, 0.3) is 0 Å². The minimum atomic E-state index is -0.469. The Morgan fingerprint density at radius 1 is 1.17 bits per heavy atom. The molecule has 122 valence electrons. The molecule has 0 saturated carbocycles. The predicted octanol–water partition coefficient (Wildman–Crippen LogP) is 2.89. The van der Waals surface area contributed by atoms with Crippen molar-refractivity contribution in [3.8, 4) is 5.75 Å². The van der Waals surface area contributed by atoms with E-state index in [2.05, 4.69) is 9.97 Å². The van der Waals surface area contributed by atoms with E-state index in [4.69, 9.17) is 15.2 Å². The lowest BCUT2D eigenvalue weighted by molar-refractivity contribution is 0.0462. The molecular weight excluding hydrogens is 306 g/mol. The van der Waals surface area contributed by atoms with Crippen molar-refractivity contribution in [1.29, 1.82) is 0 Å². The number of hydrogen-bond acceptors (Lipinski definition) is 6. The Bertz CT molecular complexity index is 909. The number of carbonyl (C=O) groups is 1. The molecule has 6 nitrogen and oxygen atoms in total. The van der Waals surface area contributed by atoms with Crippen LogP contribution in [-0.2, 0) is 11.3 Å². The molecule has 0 aliphatic carbocycles. The summed E-state index contributed by atoms with van der Waals surface area (Å²) in [7, 11) is 1.56. The van der Waals surface area contributed by atoms with Crippen LogP contribution < -0.4 is 10.5 Å². The molecule has 3 rings (SSSR count). The fourth-order valence-corrected chi connectivity index (χ4v) is 2.38. The number of anilines is 1. The molecule has 2 aromatic carbocycles. The summed E-state index contributed by atoms with van der Waals surface area (Å²) < 4.78 is 10.5. The summed E-state index contributed by atoms with van der Waals surface area (Å²) in [6.45, 7) is 1.85. The van der Waals surface area contributed by atoms with E-state index in [1.807, 2.05) is 31.2 Å². The molecule has 0 aliphatic heterocycles. The molecule has 0 spiro atoms. The van der Waals surface area contributed by atoms with Gasteiger partial charge in [-0.1, -0.05) is 18.2 Å². The van der Waals surface area contributed by atoms with E-state index in [1.54, 1.807) is 25.3 Å². The number of carbonyl (C=O) groups excluding carboxylic acids is 1. The fraction of sp³-hybridized carbons (Fsp3) is 0.167. The van der Waals surface area contributed by atoms with Crippen LogP contribution in [0, 0.1) is 6.92 Å². The molecule has 0 radical (unpaired) electrons. The monoisotopic (exact) mass is 323 g/mol. The molecule has 6 heteroatoms. The van der Waals surface area contributed by atoms with Crippen molar-refractivity contribution < 1.29 is 14.3 Å². The van der Waals surface area contributed by atoms with E-state index in [-0.39, 0.29) is 6.61 Å². The molecular formula is C18H17N3O3. The molecule has 0 amide bonds. The van der Waals surface area contributed by atoms with Gasteiger partial charge in [0.15, 0.2) is 12.4 Å². The smallest absolute Gasteiger partial charge is 0.338 e. The summed E-state index contributed by atoms with van der Waals surface area (Å²) in [5.74, 6) is 0.890. The summed E-state index contributed by atoms with van der Waals surface area (Å²) in [6.07, 6.45) is 0. The number of fused-ring (bicyclic) bond motifs is 1. The van der Waals surface area contributed by atoms with Crippen molar-refractivity contribution in [1.82, 2.24) is 9.97 Å². The summed E-state index contributed by atoms with van der Waals surface area (Å²) in [5.41, 5.74) is 7.99. The van der Waals surface area contributed by atoms with Crippen LogP contribution in [0.1, 0.15) is 21.7 Å². The molecule has 0 aliphatic rings. The number of esters is 1. The van der Waals surface area contributed by atoms with Gasteiger partial charge in [-0.2, -0.15) is 0 Å². The number of ether oxygens (including phenoxy) is 2. The second-order valence-corrected chi connectivity index (χ2v) is 5.30. The van der Waals surface area contributed by atoms with E-state index in [0.717, 1.165) is 10.9 Å². The van der Waals surface area contributed by atoms with Gasteiger partial charge < -0.3 is 15.2 Å². The highest BCUT2D eigenvalue weighted by Gasteiger charge is 2.12. The molecule has 24 heavy (non-hydrogen) atoms. The fourth-order valence-electron chi connectivity index (χ4n) is 2.38. The van der Waals surface area contributed by atoms with E-state index in [9.17, 15) is 4.79 Å². The van der Waals surface area contributed by atoms with Gasteiger partial charge in [-0.25, -0.2) is 14.8 Å². The van der Waals surface area contributed by atoms with Gasteiger partial charge in [-0.05, 0) is 36.8 Å². The molecule has 0 atom stereocenters. The minimum absolute atomic E-state index is 0.0515. The lowest BCUT2D eigenvalue weighted by Crippen LogP contribution is -2.09. The van der Waals surface area contributed by atoms with Crippen LogP contribution in [0.5, 0.6) is 5.75 Å².